The summed E-state index contributed by atoms with van der Waals surface area (Å²) in [5, 5.41) is 9.10. The summed E-state index contributed by atoms with van der Waals surface area (Å²) in [4.78, 5) is 15.5. The van der Waals surface area contributed by atoms with Crippen LogP contribution in [-0.4, -0.2) is 20.5 Å². The summed E-state index contributed by atoms with van der Waals surface area (Å²) in [7, 11) is 0. The van der Waals surface area contributed by atoms with E-state index in [4.69, 9.17) is 15.6 Å². The van der Waals surface area contributed by atoms with Crippen LogP contribution in [0.2, 0.25) is 0 Å². The zero-order valence-corrected chi connectivity index (χ0v) is 15.8. The molecule has 0 bridgehead atoms. The van der Waals surface area contributed by atoms with Crippen LogP contribution in [0.3, 0.4) is 0 Å². The number of carbonyl (C=O) groups is 1. The SMILES string of the molecule is NCc1cccc(-c2cc(COc3ccccc3CC(=O)O)cc3nccn23)c1. The molecule has 0 unspecified atom stereocenters. The van der Waals surface area contributed by atoms with Crippen molar-refractivity contribution in [2.45, 2.75) is 19.6 Å². The highest BCUT2D eigenvalue weighted by molar-refractivity contribution is 5.71. The quantitative estimate of drug-likeness (QED) is 0.505. The van der Waals surface area contributed by atoms with Gasteiger partial charge < -0.3 is 15.6 Å². The third-order valence-electron chi connectivity index (χ3n) is 4.73. The Kier molecular flexibility index (Phi) is 5.27. The summed E-state index contributed by atoms with van der Waals surface area (Å²) in [5.74, 6) is -0.313. The Hall–Kier alpha value is -3.64. The Morgan fingerprint density at radius 3 is 2.76 bits per heavy atom. The minimum absolute atomic E-state index is 0.0768. The van der Waals surface area contributed by atoms with Gasteiger partial charge in [0.2, 0.25) is 0 Å². The highest BCUT2D eigenvalue weighted by atomic mass is 16.5. The van der Waals surface area contributed by atoms with Gasteiger partial charge >= 0.3 is 5.97 Å². The van der Waals surface area contributed by atoms with E-state index in [0.29, 0.717) is 24.5 Å². The van der Waals surface area contributed by atoms with E-state index in [2.05, 4.69) is 17.1 Å². The number of benzene rings is 2. The van der Waals surface area contributed by atoms with Gasteiger partial charge in [0.15, 0.2) is 0 Å². The molecule has 0 atom stereocenters. The monoisotopic (exact) mass is 387 g/mol. The lowest BCUT2D eigenvalue weighted by molar-refractivity contribution is -0.136. The number of nitrogens with zero attached hydrogens (tertiary/aromatic N) is 2. The third kappa shape index (κ3) is 4.12. The molecule has 0 saturated carbocycles. The summed E-state index contributed by atoms with van der Waals surface area (Å²) >= 11 is 0. The van der Waals surface area contributed by atoms with Gasteiger partial charge in [-0.25, -0.2) is 4.98 Å². The highest BCUT2D eigenvalue weighted by Gasteiger charge is 2.11. The Balaban J connectivity index is 1.67. The van der Waals surface area contributed by atoms with E-state index in [1.54, 1.807) is 18.3 Å². The highest BCUT2D eigenvalue weighted by Crippen LogP contribution is 2.25. The number of para-hydroxylation sites is 1. The van der Waals surface area contributed by atoms with Crippen molar-refractivity contribution in [1.82, 2.24) is 9.38 Å². The van der Waals surface area contributed by atoms with Gasteiger partial charge in [-0.2, -0.15) is 0 Å². The van der Waals surface area contributed by atoms with E-state index < -0.39 is 5.97 Å². The molecule has 0 spiro atoms. The molecule has 0 aliphatic rings. The third-order valence-corrected chi connectivity index (χ3v) is 4.73. The lowest BCUT2D eigenvalue weighted by Crippen LogP contribution is -2.05. The molecule has 2 heterocycles. The van der Waals surface area contributed by atoms with Crippen LogP contribution in [0.5, 0.6) is 5.75 Å². The molecule has 2 aromatic heterocycles. The number of aliphatic carboxylic acids is 1. The molecule has 2 aromatic carbocycles. The first-order valence-electron chi connectivity index (χ1n) is 9.32. The molecule has 3 N–H and O–H groups in total. The van der Waals surface area contributed by atoms with Gasteiger partial charge in [-0.05, 0) is 41.0 Å². The minimum Gasteiger partial charge on any atom is -0.489 e. The van der Waals surface area contributed by atoms with Crippen molar-refractivity contribution in [1.29, 1.82) is 0 Å². The standard InChI is InChI=1S/C23H21N3O3/c24-14-16-4-3-6-18(10-16)20-11-17(12-22-25-8-9-26(20)22)15-29-21-7-2-1-5-19(21)13-23(27)28/h1-12H,13-15,24H2,(H,27,28). The van der Waals surface area contributed by atoms with Crippen molar-refractivity contribution in [2.24, 2.45) is 5.73 Å². The molecular formula is C23H21N3O3. The van der Waals surface area contributed by atoms with Gasteiger partial charge in [0.05, 0.1) is 12.1 Å². The second kappa shape index (κ2) is 8.16. The van der Waals surface area contributed by atoms with Crippen LogP contribution in [-0.2, 0) is 24.4 Å². The fraction of sp³-hybridized carbons (Fsp3) is 0.130. The van der Waals surface area contributed by atoms with Crippen molar-refractivity contribution in [3.05, 3.63) is 89.7 Å². The fourth-order valence-electron chi connectivity index (χ4n) is 3.36. The maximum absolute atomic E-state index is 11.1. The number of pyridine rings is 1. The number of nitrogens with two attached hydrogens (primary N) is 1. The second-order valence-corrected chi connectivity index (χ2v) is 6.78. The van der Waals surface area contributed by atoms with Crippen molar-refractivity contribution >= 4 is 11.6 Å². The zero-order chi connectivity index (χ0) is 20.2. The molecule has 0 aliphatic carbocycles. The van der Waals surface area contributed by atoms with E-state index in [1.165, 1.54) is 0 Å². The number of hydrogen-bond acceptors (Lipinski definition) is 4. The van der Waals surface area contributed by atoms with Gasteiger partial charge in [-0.3, -0.25) is 9.20 Å². The van der Waals surface area contributed by atoms with Crippen LogP contribution in [0.4, 0.5) is 0 Å². The Morgan fingerprint density at radius 2 is 1.93 bits per heavy atom. The molecule has 6 nitrogen and oxygen atoms in total. The number of rotatable bonds is 7. The summed E-state index contributed by atoms with van der Waals surface area (Å²) in [5.41, 5.74) is 11.3. The van der Waals surface area contributed by atoms with Crippen LogP contribution in [0.1, 0.15) is 16.7 Å². The maximum atomic E-state index is 11.1. The Morgan fingerprint density at radius 1 is 1.07 bits per heavy atom. The van der Waals surface area contributed by atoms with Gasteiger partial charge in [0.1, 0.15) is 18.0 Å². The molecule has 4 aromatic rings. The normalized spacial score (nSPS) is 10.9. The predicted octanol–water partition coefficient (Wildman–Crippen LogP) is 3.67. The van der Waals surface area contributed by atoms with Crippen molar-refractivity contribution in [2.75, 3.05) is 0 Å². The molecule has 0 aliphatic heterocycles. The van der Waals surface area contributed by atoms with Crippen LogP contribution in [0, 0.1) is 0 Å². The number of carboxylic acids is 1. The lowest BCUT2D eigenvalue weighted by atomic mass is 10.1. The van der Waals surface area contributed by atoms with E-state index in [9.17, 15) is 4.79 Å². The first-order chi connectivity index (χ1) is 14.1. The number of imidazole rings is 1. The first-order valence-corrected chi connectivity index (χ1v) is 9.32. The molecule has 146 valence electrons. The van der Waals surface area contributed by atoms with Gasteiger partial charge in [0.25, 0.3) is 0 Å². The van der Waals surface area contributed by atoms with E-state index in [1.807, 2.05) is 47.0 Å². The lowest BCUT2D eigenvalue weighted by Gasteiger charge is -2.13. The molecular weight excluding hydrogens is 366 g/mol. The first kappa shape index (κ1) is 18.7. The van der Waals surface area contributed by atoms with E-state index in [0.717, 1.165) is 28.0 Å². The number of ether oxygens (including phenoxy) is 1. The Bertz CT molecular complexity index is 1170. The maximum Gasteiger partial charge on any atom is 0.307 e. The van der Waals surface area contributed by atoms with Crippen LogP contribution >= 0.6 is 0 Å². The summed E-state index contributed by atoms with van der Waals surface area (Å²) in [6.45, 7) is 0.785. The van der Waals surface area contributed by atoms with Gasteiger partial charge in [-0.1, -0.05) is 36.4 Å². The smallest absolute Gasteiger partial charge is 0.307 e. The molecule has 0 saturated heterocycles. The predicted molar refractivity (Wildman–Crippen MR) is 111 cm³/mol. The number of hydrogen-bond donors (Lipinski definition) is 2. The van der Waals surface area contributed by atoms with Gasteiger partial charge in [-0.15, -0.1) is 0 Å². The Labute approximate surface area is 168 Å². The number of fused-ring (bicyclic) bond motifs is 1. The molecule has 29 heavy (non-hydrogen) atoms. The van der Waals surface area contributed by atoms with Crippen molar-refractivity contribution in [3.63, 3.8) is 0 Å². The summed E-state index contributed by atoms with van der Waals surface area (Å²) in [6, 6.07) is 19.3. The zero-order valence-electron chi connectivity index (χ0n) is 15.8. The van der Waals surface area contributed by atoms with Crippen molar-refractivity contribution < 1.29 is 14.6 Å². The average Bonchev–Trinajstić information content (AvgIpc) is 3.21. The van der Waals surface area contributed by atoms with Gasteiger partial charge in [0, 0.05) is 24.5 Å². The molecule has 0 fully saturated rings. The van der Waals surface area contributed by atoms with Crippen LogP contribution in [0.15, 0.2) is 73.1 Å². The average molecular weight is 387 g/mol. The molecule has 0 amide bonds. The molecule has 6 heteroatoms. The summed E-state index contributed by atoms with van der Waals surface area (Å²) < 4.78 is 7.99. The van der Waals surface area contributed by atoms with E-state index >= 15 is 0 Å². The van der Waals surface area contributed by atoms with Crippen LogP contribution in [0.25, 0.3) is 16.9 Å². The fourth-order valence-corrected chi connectivity index (χ4v) is 3.36. The minimum atomic E-state index is -0.887. The number of carboxylic acid groups (broad SMARTS) is 1. The van der Waals surface area contributed by atoms with Crippen molar-refractivity contribution in [3.8, 4) is 17.0 Å². The largest absolute Gasteiger partial charge is 0.489 e. The van der Waals surface area contributed by atoms with E-state index in [-0.39, 0.29) is 6.42 Å². The topological polar surface area (TPSA) is 89.8 Å². The van der Waals surface area contributed by atoms with Crippen LogP contribution < -0.4 is 10.5 Å². The molecule has 0 radical (unpaired) electrons. The molecule has 4 rings (SSSR count). The second-order valence-electron chi connectivity index (χ2n) is 6.78. The summed E-state index contributed by atoms with van der Waals surface area (Å²) in [6.07, 6.45) is 3.61. The number of aromatic nitrogens is 2.